The van der Waals surface area contributed by atoms with E-state index in [0.717, 1.165) is 19.4 Å². The van der Waals surface area contributed by atoms with E-state index in [1.54, 1.807) is 0 Å². The van der Waals surface area contributed by atoms with Crippen LogP contribution in [0.4, 0.5) is 10.1 Å². The molecule has 24 heavy (non-hydrogen) atoms. The van der Waals surface area contributed by atoms with Crippen molar-refractivity contribution in [3.63, 3.8) is 0 Å². The maximum Gasteiger partial charge on any atom is 0.227 e. The molecule has 4 nitrogen and oxygen atoms in total. The molecule has 126 valence electrons. The van der Waals surface area contributed by atoms with Crippen LogP contribution >= 0.6 is 0 Å². The van der Waals surface area contributed by atoms with Gasteiger partial charge in [-0.15, -0.1) is 0 Å². The van der Waals surface area contributed by atoms with Gasteiger partial charge in [0.1, 0.15) is 11.6 Å². The lowest BCUT2D eigenvalue weighted by atomic mass is 9.92. The lowest BCUT2D eigenvalue weighted by molar-refractivity contribution is -0.120. The SMILES string of the molecule is C[C@H]1C[C@@H](C(=O)Nc2cc(F)ccc2Oc2ccccc2)CCN1. The highest BCUT2D eigenvalue weighted by Crippen LogP contribution is 2.31. The van der Waals surface area contributed by atoms with Crippen molar-refractivity contribution in [2.75, 3.05) is 11.9 Å². The Morgan fingerprint density at radius 2 is 2.04 bits per heavy atom. The Morgan fingerprint density at radius 3 is 2.79 bits per heavy atom. The van der Waals surface area contributed by atoms with Crippen LogP contribution in [-0.2, 0) is 4.79 Å². The van der Waals surface area contributed by atoms with Gasteiger partial charge < -0.3 is 15.4 Å². The van der Waals surface area contributed by atoms with E-state index in [1.807, 2.05) is 30.3 Å². The number of amides is 1. The zero-order chi connectivity index (χ0) is 16.9. The van der Waals surface area contributed by atoms with Crippen LogP contribution in [0.2, 0.25) is 0 Å². The average Bonchev–Trinajstić information content (AvgIpc) is 2.58. The fourth-order valence-electron chi connectivity index (χ4n) is 2.91. The number of carbonyl (C=O) groups is 1. The van der Waals surface area contributed by atoms with Gasteiger partial charge in [0.15, 0.2) is 5.75 Å². The van der Waals surface area contributed by atoms with Crippen LogP contribution < -0.4 is 15.4 Å². The Hall–Kier alpha value is -2.40. The first-order valence-electron chi connectivity index (χ1n) is 8.18. The summed E-state index contributed by atoms with van der Waals surface area (Å²) in [4.78, 5) is 12.5. The number of rotatable bonds is 4. The molecule has 5 heteroatoms. The van der Waals surface area contributed by atoms with Gasteiger partial charge >= 0.3 is 0 Å². The van der Waals surface area contributed by atoms with E-state index >= 15 is 0 Å². The van der Waals surface area contributed by atoms with Crippen LogP contribution in [0.5, 0.6) is 11.5 Å². The Balaban J connectivity index is 1.76. The van der Waals surface area contributed by atoms with E-state index in [-0.39, 0.29) is 11.8 Å². The first-order valence-corrected chi connectivity index (χ1v) is 8.18. The van der Waals surface area contributed by atoms with Gasteiger partial charge in [0.2, 0.25) is 5.91 Å². The molecule has 0 unspecified atom stereocenters. The highest BCUT2D eigenvalue weighted by molar-refractivity contribution is 5.94. The molecule has 1 aliphatic heterocycles. The zero-order valence-corrected chi connectivity index (χ0v) is 13.6. The van der Waals surface area contributed by atoms with Crippen molar-refractivity contribution in [3.8, 4) is 11.5 Å². The molecule has 0 aliphatic carbocycles. The Labute approximate surface area is 141 Å². The summed E-state index contributed by atoms with van der Waals surface area (Å²) in [6.07, 6.45) is 1.55. The highest BCUT2D eigenvalue weighted by Gasteiger charge is 2.25. The molecule has 1 aliphatic rings. The number of carbonyl (C=O) groups excluding carboxylic acids is 1. The minimum atomic E-state index is -0.413. The van der Waals surface area contributed by atoms with Crippen molar-refractivity contribution in [2.45, 2.75) is 25.8 Å². The Kier molecular flexibility index (Phi) is 5.11. The maximum atomic E-state index is 13.6. The number of anilines is 1. The molecule has 0 spiro atoms. The monoisotopic (exact) mass is 328 g/mol. The summed E-state index contributed by atoms with van der Waals surface area (Å²) in [5.41, 5.74) is 0.357. The van der Waals surface area contributed by atoms with Crippen molar-refractivity contribution in [1.29, 1.82) is 0 Å². The first-order chi connectivity index (χ1) is 11.6. The largest absolute Gasteiger partial charge is 0.455 e. The second-order valence-corrected chi connectivity index (χ2v) is 6.12. The lowest BCUT2D eigenvalue weighted by Gasteiger charge is -2.27. The van der Waals surface area contributed by atoms with Crippen molar-refractivity contribution in [2.24, 2.45) is 5.92 Å². The zero-order valence-electron chi connectivity index (χ0n) is 13.6. The van der Waals surface area contributed by atoms with Gasteiger partial charge in [-0.05, 0) is 50.6 Å². The standard InChI is InChI=1S/C19H21FN2O2/c1-13-11-14(9-10-21-13)19(23)22-17-12-15(20)7-8-18(17)24-16-5-3-2-4-6-16/h2-8,12-14,21H,9-11H2,1H3,(H,22,23)/t13-,14-/m0/s1. The summed E-state index contributed by atoms with van der Waals surface area (Å²) in [7, 11) is 0. The minimum Gasteiger partial charge on any atom is -0.455 e. The van der Waals surface area contributed by atoms with Crippen LogP contribution in [0.15, 0.2) is 48.5 Å². The molecule has 2 aromatic rings. The number of benzene rings is 2. The van der Waals surface area contributed by atoms with Crippen LogP contribution in [0.25, 0.3) is 0 Å². The van der Waals surface area contributed by atoms with Crippen LogP contribution in [-0.4, -0.2) is 18.5 Å². The summed E-state index contributed by atoms with van der Waals surface area (Å²) in [6, 6.07) is 13.7. The third-order valence-corrected chi connectivity index (χ3v) is 4.16. The average molecular weight is 328 g/mol. The molecule has 0 radical (unpaired) electrons. The normalized spacial score (nSPS) is 20.4. The molecular weight excluding hydrogens is 307 g/mol. The van der Waals surface area contributed by atoms with Crippen molar-refractivity contribution in [1.82, 2.24) is 5.32 Å². The predicted octanol–water partition coefficient (Wildman–Crippen LogP) is 3.94. The van der Waals surface area contributed by atoms with Gasteiger partial charge in [-0.1, -0.05) is 18.2 Å². The van der Waals surface area contributed by atoms with Gasteiger partial charge in [0.05, 0.1) is 5.69 Å². The third kappa shape index (κ3) is 4.11. The van der Waals surface area contributed by atoms with Crippen molar-refractivity contribution in [3.05, 3.63) is 54.3 Å². The van der Waals surface area contributed by atoms with Crippen LogP contribution in [0.1, 0.15) is 19.8 Å². The minimum absolute atomic E-state index is 0.0749. The maximum absolute atomic E-state index is 13.6. The summed E-state index contributed by atoms with van der Waals surface area (Å²) in [6.45, 7) is 2.88. The van der Waals surface area contributed by atoms with Gasteiger partial charge in [-0.2, -0.15) is 0 Å². The van der Waals surface area contributed by atoms with E-state index in [4.69, 9.17) is 4.74 Å². The molecule has 1 heterocycles. The molecule has 0 bridgehead atoms. The van der Waals surface area contributed by atoms with E-state index < -0.39 is 5.82 Å². The molecule has 1 fully saturated rings. The molecule has 0 aromatic heterocycles. The molecule has 1 amide bonds. The van der Waals surface area contributed by atoms with E-state index in [0.29, 0.717) is 23.2 Å². The first kappa shape index (κ1) is 16.5. The van der Waals surface area contributed by atoms with E-state index in [2.05, 4.69) is 17.6 Å². The summed E-state index contributed by atoms with van der Waals surface area (Å²) < 4.78 is 19.4. The fourth-order valence-corrected chi connectivity index (χ4v) is 2.91. The van der Waals surface area contributed by atoms with Gasteiger partial charge in [-0.3, -0.25) is 4.79 Å². The molecule has 3 rings (SSSR count). The number of halogens is 1. The molecule has 2 aromatic carbocycles. The van der Waals surface area contributed by atoms with Gasteiger partial charge in [-0.25, -0.2) is 4.39 Å². The second-order valence-electron chi connectivity index (χ2n) is 6.12. The number of nitrogens with one attached hydrogen (secondary N) is 2. The Morgan fingerprint density at radius 1 is 1.25 bits per heavy atom. The van der Waals surface area contributed by atoms with Gasteiger partial charge in [0, 0.05) is 18.0 Å². The molecule has 2 atom stereocenters. The smallest absolute Gasteiger partial charge is 0.227 e. The fraction of sp³-hybridized carbons (Fsp3) is 0.316. The number of hydrogen-bond donors (Lipinski definition) is 2. The van der Waals surface area contributed by atoms with Crippen LogP contribution in [0.3, 0.4) is 0 Å². The number of para-hydroxylation sites is 1. The summed E-state index contributed by atoms with van der Waals surface area (Å²) in [5, 5.41) is 6.15. The van der Waals surface area contributed by atoms with Crippen LogP contribution in [0, 0.1) is 11.7 Å². The Bertz CT molecular complexity index is 706. The molecular formula is C19H21FN2O2. The topological polar surface area (TPSA) is 50.4 Å². The van der Waals surface area contributed by atoms with Crippen molar-refractivity contribution >= 4 is 11.6 Å². The number of piperidine rings is 1. The summed E-state index contributed by atoms with van der Waals surface area (Å²) in [5.74, 6) is 0.485. The van der Waals surface area contributed by atoms with Crippen molar-refractivity contribution < 1.29 is 13.9 Å². The number of hydrogen-bond acceptors (Lipinski definition) is 3. The van der Waals surface area contributed by atoms with E-state index in [9.17, 15) is 9.18 Å². The van der Waals surface area contributed by atoms with Gasteiger partial charge in [0.25, 0.3) is 0 Å². The lowest BCUT2D eigenvalue weighted by Crippen LogP contribution is -2.40. The third-order valence-electron chi connectivity index (χ3n) is 4.16. The highest BCUT2D eigenvalue weighted by atomic mass is 19.1. The molecule has 1 saturated heterocycles. The predicted molar refractivity (Wildman–Crippen MR) is 91.7 cm³/mol. The molecule has 0 saturated carbocycles. The summed E-state index contributed by atoms with van der Waals surface area (Å²) >= 11 is 0. The quantitative estimate of drug-likeness (QED) is 0.893. The second kappa shape index (κ2) is 7.45. The van der Waals surface area contributed by atoms with E-state index in [1.165, 1.54) is 18.2 Å². The molecule has 2 N–H and O–H groups in total. The number of ether oxygens (including phenoxy) is 1.